The van der Waals surface area contributed by atoms with Crippen molar-refractivity contribution in [2.75, 3.05) is 0 Å². The van der Waals surface area contributed by atoms with E-state index >= 15 is 0 Å². The molecule has 0 unspecified atom stereocenters. The second kappa shape index (κ2) is 6.62. The van der Waals surface area contributed by atoms with Crippen LogP contribution in [0.4, 0.5) is 0 Å². The predicted molar refractivity (Wildman–Crippen MR) is 93.2 cm³/mol. The van der Waals surface area contributed by atoms with Crippen molar-refractivity contribution in [2.45, 2.75) is 25.9 Å². The number of carbonyl (C=O) groups excluding carboxylic acids is 2. The molecule has 122 valence electrons. The normalized spacial score (nSPS) is 20.0. The fraction of sp³-hybridized carbons (Fsp3) is 0.200. The number of carbonyl (C=O) groups is 2. The lowest BCUT2D eigenvalue weighted by Crippen LogP contribution is -2.28. The average Bonchev–Trinajstić information content (AvgIpc) is 2.93. The summed E-state index contributed by atoms with van der Waals surface area (Å²) in [5.41, 5.74) is 1.96. The zero-order chi connectivity index (χ0) is 17.3. The van der Waals surface area contributed by atoms with E-state index in [1.165, 1.54) is 6.92 Å². The van der Waals surface area contributed by atoms with Gasteiger partial charge in [0, 0.05) is 16.2 Å². The highest BCUT2D eigenvalue weighted by Gasteiger charge is 2.42. The lowest BCUT2D eigenvalue weighted by atomic mass is 9.83. The van der Waals surface area contributed by atoms with Gasteiger partial charge in [-0.15, -0.1) is 0 Å². The van der Waals surface area contributed by atoms with Gasteiger partial charge in [-0.1, -0.05) is 54.1 Å². The molecule has 4 heteroatoms. The minimum atomic E-state index is -0.743. The minimum absolute atomic E-state index is 0.0872. The molecule has 0 bridgehead atoms. The van der Waals surface area contributed by atoms with E-state index in [9.17, 15) is 9.59 Å². The van der Waals surface area contributed by atoms with Gasteiger partial charge in [-0.25, -0.2) is 0 Å². The fourth-order valence-corrected chi connectivity index (χ4v) is 3.27. The lowest BCUT2D eigenvalue weighted by Gasteiger charge is -2.20. The molecule has 3 nitrogen and oxygen atoms in total. The third kappa shape index (κ3) is 3.00. The van der Waals surface area contributed by atoms with Gasteiger partial charge in [0.05, 0.1) is 5.92 Å². The average molecular weight is 341 g/mol. The zero-order valence-electron chi connectivity index (χ0n) is 13.5. The summed E-state index contributed by atoms with van der Waals surface area (Å²) in [6.07, 6.45) is -0.743. The van der Waals surface area contributed by atoms with Gasteiger partial charge in [-0.2, -0.15) is 0 Å². The van der Waals surface area contributed by atoms with Gasteiger partial charge in [-0.05, 0) is 31.5 Å². The summed E-state index contributed by atoms with van der Waals surface area (Å²) in [5.74, 6) is -0.133. The van der Waals surface area contributed by atoms with Crippen molar-refractivity contribution in [3.63, 3.8) is 0 Å². The number of hydrogen-bond donors (Lipinski definition) is 0. The van der Waals surface area contributed by atoms with Crippen LogP contribution in [0.15, 0.2) is 65.9 Å². The Hall–Kier alpha value is -2.39. The first-order valence-corrected chi connectivity index (χ1v) is 8.10. The molecule has 1 heterocycles. The van der Waals surface area contributed by atoms with Crippen LogP contribution in [0.2, 0.25) is 5.02 Å². The van der Waals surface area contributed by atoms with Crippen LogP contribution in [0, 0.1) is 0 Å². The number of Topliss-reactive ketones (excluding diaryl/α,β-unsaturated/α-hetero) is 2. The van der Waals surface area contributed by atoms with Crippen LogP contribution in [0.25, 0.3) is 0 Å². The number of ketones is 2. The van der Waals surface area contributed by atoms with E-state index in [2.05, 4.69) is 0 Å². The molecule has 0 saturated heterocycles. The van der Waals surface area contributed by atoms with E-state index in [-0.39, 0.29) is 11.6 Å². The Morgan fingerprint density at radius 1 is 1.00 bits per heavy atom. The Morgan fingerprint density at radius 2 is 1.62 bits per heavy atom. The summed E-state index contributed by atoms with van der Waals surface area (Å²) >= 11 is 5.96. The molecule has 3 rings (SSSR count). The van der Waals surface area contributed by atoms with Gasteiger partial charge in [-0.3, -0.25) is 9.59 Å². The molecule has 0 aliphatic carbocycles. The minimum Gasteiger partial charge on any atom is -0.485 e. The number of rotatable bonds is 4. The Kier molecular flexibility index (Phi) is 4.54. The number of allylic oxidation sites excluding steroid dienone is 1. The predicted octanol–water partition coefficient (Wildman–Crippen LogP) is 4.57. The highest BCUT2D eigenvalue weighted by molar-refractivity contribution is 6.30. The monoisotopic (exact) mass is 340 g/mol. The van der Waals surface area contributed by atoms with Crippen LogP contribution < -0.4 is 0 Å². The molecular formula is C20H17ClO3. The van der Waals surface area contributed by atoms with Gasteiger partial charge in [0.2, 0.25) is 5.78 Å². The molecular weight excluding hydrogens is 324 g/mol. The summed E-state index contributed by atoms with van der Waals surface area (Å²) in [6.45, 7) is 3.23. The van der Waals surface area contributed by atoms with Gasteiger partial charge in [0.25, 0.3) is 0 Å². The van der Waals surface area contributed by atoms with Crippen LogP contribution in [0.3, 0.4) is 0 Å². The SMILES string of the molecule is CC(=O)C1=C(C)O[C@H](C(=O)c2ccccc2)[C@H]1c1ccc(Cl)cc1. The quantitative estimate of drug-likeness (QED) is 0.766. The van der Waals surface area contributed by atoms with Crippen LogP contribution in [-0.2, 0) is 9.53 Å². The molecule has 0 saturated carbocycles. The van der Waals surface area contributed by atoms with Gasteiger partial charge in [0.1, 0.15) is 5.76 Å². The molecule has 2 atom stereocenters. The molecule has 0 N–H and O–H groups in total. The number of hydrogen-bond acceptors (Lipinski definition) is 3. The van der Waals surface area contributed by atoms with Crippen molar-refractivity contribution in [3.05, 3.63) is 82.1 Å². The second-order valence-corrected chi connectivity index (χ2v) is 6.26. The summed E-state index contributed by atoms with van der Waals surface area (Å²) in [7, 11) is 0. The van der Waals surface area contributed by atoms with E-state index in [4.69, 9.17) is 16.3 Å². The summed E-state index contributed by atoms with van der Waals surface area (Å²) < 4.78 is 5.82. The highest BCUT2D eigenvalue weighted by Crippen LogP contribution is 2.41. The summed E-state index contributed by atoms with van der Waals surface area (Å²) in [5, 5.41) is 0.605. The summed E-state index contributed by atoms with van der Waals surface area (Å²) in [6, 6.07) is 16.2. The zero-order valence-corrected chi connectivity index (χ0v) is 14.2. The fourth-order valence-electron chi connectivity index (χ4n) is 3.14. The molecule has 0 amide bonds. The van der Waals surface area contributed by atoms with Crippen molar-refractivity contribution < 1.29 is 14.3 Å². The number of halogens is 1. The molecule has 0 spiro atoms. The van der Waals surface area contributed by atoms with E-state index in [1.54, 1.807) is 31.2 Å². The maximum atomic E-state index is 12.9. The van der Waals surface area contributed by atoms with Crippen LogP contribution in [-0.4, -0.2) is 17.7 Å². The van der Waals surface area contributed by atoms with Crippen molar-refractivity contribution in [3.8, 4) is 0 Å². The third-order valence-corrected chi connectivity index (χ3v) is 4.47. The lowest BCUT2D eigenvalue weighted by molar-refractivity contribution is -0.113. The molecule has 24 heavy (non-hydrogen) atoms. The largest absolute Gasteiger partial charge is 0.485 e. The van der Waals surface area contributed by atoms with Crippen molar-refractivity contribution in [1.29, 1.82) is 0 Å². The molecule has 2 aromatic carbocycles. The van der Waals surface area contributed by atoms with E-state index < -0.39 is 12.0 Å². The van der Waals surface area contributed by atoms with E-state index in [0.29, 0.717) is 21.9 Å². The van der Waals surface area contributed by atoms with Crippen molar-refractivity contribution in [1.82, 2.24) is 0 Å². The van der Waals surface area contributed by atoms with E-state index in [1.807, 2.05) is 30.3 Å². The number of benzene rings is 2. The molecule has 0 aromatic heterocycles. The smallest absolute Gasteiger partial charge is 0.204 e. The topological polar surface area (TPSA) is 43.4 Å². The third-order valence-electron chi connectivity index (χ3n) is 4.22. The van der Waals surface area contributed by atoms with Crippen LogP contribution in [0.5, 0.6) is 0 Å². The maximum Gasteiger partial charge on any atom is 0.204 e. The van der Waals surface area contributed by atoms with E-state index in [0.717, 1.165) is 5.56 Å². The van der Waals surface area contributed by atoms with Crippen molar-refractivity contribution >= 4 is 23.2 Å². The molecule has 1 aliphatic heterocycles. The molecule has 1 aliphatic rings. The molecule has 0 fully saturated rings. The summed E-state index contributed by atoms with van der Waals surface area (Å²) in [4.78, 5) is 25.1. The standard InChI is InChI=1S/C20H17ClO3/c1-12(22)17-13(2)24-20(19(23)15-6-4-3-5-7-15)18(17)14-8-10-16(21)11-9-14/h3-11,18,20H,1-2H3/t18-,20-/m0/s1. The first kappa shape index (κ1) is 16.5. The Labute approximate surface area is 145 Å². The van der Waals surface area contributed by atoms with Gasteiger partial charge >= 0.3 is 0 Å². The van der Waals surface area contributed by atoms with Gasteiger partial charge < -0.3 is 4.74 Å². The highest BCUT2D eigenvalue weighted by atomic mass is 35.5. The molecule has 2 aromatic rings. The Bertz CT molecular complexity index is 807. The Morgan fingerprint density at radius 3 is 2.21 bits per heavy atom. The van der Waals surface area contributed by atoms with Crippen molar-refractivity contribution in [2.24, 2.45) is 0 Å². The molecule has 0 radical (unpaired) electrons. The van der Waals surface area contributed by atoms with Gasteiger partial charge in [0.15, 0.2) is 11.9 Å². The first-order valence-electron chi connectivity index (χ1n) is 7.72. The second-order valence-electron chi connectivity index (χ2n) is 5.82. The van der Waals surface area contributed by atoms with Crippen LogP contribution >= 0.6 is 11.6 Å². The first-order chi connectivity index (χ1) is 11.5. The maximum absolute atomic E-state index is 12.9. The number of ether oxygens (including phenoxy) is 1. The Balaban J connectivity index is 2.04. The van der Waals surface area contributed by atoms with Crippen LogP contribution in [0.1, 0.15) is 35.7 Å².